The van der Waals surface area contributed by atoms with Gasteiger partial charge in [-0.3, -0.25) is 4.79 Å². The minimum absolute atomic E-state index is 0.139. The van der Waals surface area contributed by atoms with E-state index >= 15 is 0 Å². The van der Waals surface area contributed by atoms with Crippen molar-refractivity contribution in [1.82, 2.24) is 9.78 Å². The molecule has 0 aliphatic heterocycles. The standard InChI is InChI=1S/C21H20ClN3O3S/c22-15-9-11-17(12-10-15)29(27,28)14-13-20(26)23-21-18-7-4-8-19(18)24-25(21)16-5-2-1-3-6-16/h1-3,5-6,9-12H,4,7-8,13-14H2,(H,23,26). The van der Waals surface area contributed by atoms with Crippen LogP contribution in [0.2, 0.25) is 5.02 Å². The number of benzene rings is 2. The summed E-state index contributed by atoms with van der Waals surface area (Å²) in [6.07, 6.45) is 2.59. The van der Waals surface area contributed by atoms with Crippen LogP contribution in [-0.4, -0.2) is 29.9 Å². The Morgan fingerprint density at radius 2 is 1.79 bits per heavy atom. The molecule has 0 fully saturated rings. The molecule has 0 saturated heterocycles. The average molecular weight is 430 g/mol. The number of hydrogen-bond acceptors (Lipinski definition) is 4. The second-order valence-corrected chi connectivity index (χ2v) is 9.49. The number of nitrogens with one attached hydrogen (secondary N) is 1. The van der Waals surface area contributed by atoms with Gasteiger partial charge < -0.3 is 5.32 Å². The van der Waals surface area contributed by atoms with E-state index in [1.54, 1.807) is 4.68 Å². The molecular formula is C21H20ClN3O3S. The average Bonchev–Trinajstić information content (AvgIpc) is 3.30. The third kappa shape index (κ3) is 4.21. The zero-order chi connectivity index (χ0) is 20.4. The summed E-state index contributed by atoms with van der Waals surface area (Å²) in [7, 11) is -3.57. The number of carbonyl (C=O) groups excluding carboxylic acids is 1. The van der Waals surface area contributed by atoms with Gasteiger partial charge in [0.15, 0.2) is 9.84 Å². The number of amides is 1. The number of sulfone groups is 1. The van der Waals surface area contributed by atoms with Gasteiger partial charge in [-0.1, -0.05) is 29.8 Å². The van der Waals surface area contributed by atoms with Crippen LogP contribution in [0.15, 0.2) is 59.5 Å². The van der Waals surface area contributed by atoms with Gasteiger partial charge in [0.1, 0.15) is 5.82 Å². The van der Waals surface area contributed by atoms with E-state index in [9.17, 15) is 13.2 Å². The van der Waals surface area contributed by atoms with Crippen molar-refractivity contribution in [2.24, 2.45) is 0 Å². The first-order valence-corrected chi connectivity index (χ1v) is 11.4. The molecule has 1 heterocycles. The molecule has 0 spiro atoms. The monoisotopic (exact) mass is 429 g/mol. The molecule has 29 heavy (non-hydrogen) atoms. The molecule has 1 amide bonds. The fourth-order valence-electron chi connectivity index (χ4n) is 3.46. The van der Waals surface area contributed by atoms with E-state index in [1.165, 1.54) is 24.3 Å². The van der Waals surface area contributed by atoms with Crippen molar-refractivity contribution in [3.63, 3.8) is 0 Å². The van der Waals surface area contributed by atoms with Crippen LogP contribution in [0, 0.1) is 0 Å². The molecule has 0 bridgehead atoms. The number of carbonyl (C=O) groups is 1. The van der Waals surface area contributed by atoms with Crippen molar-refractivity contribution >= 4 is 33.2 Å². The second-order valence-electron chi connectivity index (χ2n) is 6.95. The summed E-state index contributed by atoms with van der Waals surface area (Å²) in [4.78, 5) is 12.7. The Kier molecular flexibility index (Phi) is 5.43. The topological polar surface area (TPSA) is 81.1 Å². The first-order valence-electron chi connectivity index (χ1n) is 9.38. The predicted octanol–water partition coefficient (Wildman–Crippen LogP) is 3.82. The number of halogens is 1. The maximum Gasteiger partial charge on any atom is 0.226 e. The Hall–Kier alpha value is -2.64. The van der Waals surface area contributed by atoms with E-state index in [0.29, 0.717) is 10.8 Å². The molecule has 6 nitrogen and oxygen atoms in total. The molecule has 2 aromatic carbocycles. The lowest BCUT2D eigenvalue weighted by molar-refractivity contribution is -0.115. The minimum Gasteiger partial charge on any atom is -0.310 e. The summed E-state index contributed by atoms with van der Waals surface area (Å²) in [5.74, 6) is 0.00851. The van der Waals surface area contributed by atoms with Crippen molar-refractivity contribution < 1.29 is 13.2 Å². The van der Waals surface area contributed by atoms with Crippen molar-refractivity contribution in [2.75, 3.05) is 11.1 Å². The number of rotatable bonds is 6. The number of anilines is 1. The molecule has 0 atom stereocenters. The Morgan fingerprint density at radius 1 is 1.07 bits per heavy atom. The smallest absolute Gasteiger partial charge is 0.226 e. The molecule has 1 aromatic heterocycles. The van der Waals surface area contributed by atoms with Crippen LogP contribution in [-0.2, 0) is 27.5 Å². The molecule has 1 aliphatic carbocycles. The highest BCUT2D eigenvalue weighted by atomic mass is 35.5. The normalized spacial score (nSPS) is 13.3. The third-order valence-electron chi connectivity index (χ3n) is 4.94. The first-order chi connectivity index (χ1) is 13.9. The van der Waals surface area contributed by atoms with E-state index in [2.05, 4.69) is 10.4 Å². The van der Waals surface area contributed by atoms with Crippen LogP contribution in [0.3, 0.4) is 0 Å². The van der Waals surface area contributed by atoms with Gasteiger partial charge in [-0.2, -0.15) is 5.10 Å². The van der Waals surface area contributed by atoms with Crippen molar-refractivity contribution in [3.05, 3.63) is 70.9 Å². The van der Waals surface area contributed by atoms with E-state index < -0.39 is 9.84 Å². The van der Waals surface area contributed by atoms with Crippen molar-refractivity contribution in [1.29, 1.82) is 0 Å². The first kappa shape index (κ1) is 19.7. The summed E-state index contributed by atoms with van der Waals surface area (Å²) >= 11 is 5.81. The number of hydrogen-bond donors (Lipinski definition) is 1. The third-order valence-corrected chi connectivity index (χ3v) is 6.92. The number of aryl methyl sites for hydroxylation is 1. The molecule has 0 unspecified atom stereocenters. The van der Waals surface area contributed by atoms with E-state index in [1.807, 2.05) is 30.3 Å². The maximum absolute atomic E-state index is 12.6. The molecule has 150 valence electrons. The minimum atomic E-state index is -3.57. The Morgan fingerprint density at radius 3 is 2.52 bits per heavy atom. The molecule has 0 radical (unpaired) electrons. The number of aromatic nitrogens is 2. The number of para-hydroxylation sites is 1. The van der Waals surface area contributed by atoms with Crippen molar-refractivity contribution in [2.45, 2.75) is 30.6 Å². The molecule has 1 aliphatic rings. The van der Waals surface area contributed by atoms with Gasteiger partial charge in [0.25, 0.3) is 0 Å². The quantitative estimate of drug-likeness (QED) is 0.645. The fourth-order valence-corrected chi connectivity index (χ4v) is 4.82. The molecule has 8 heteroatoms. The molecular weight excluding hydrogens is 410 g/mol. The van der Waals surface area contributed by atoms with Gasteiger partial charge in [-0.05, 0) is 55.7 Å². The largest absolute Gasteiger partial charge is 0.310 e. The summed E-state index contributed by atoms with van der Waals surface area (Å²) in [5, 5.41) is 8.01. The van der Waals surface area contributed by atoms with E-state index in [-0.39, 0.29) is 23.0 Å². The summed E-state index contributed by atoms with van der Waals surface area (Å²) < 4.78 is 26.7. The van der Waals surface area contributed by atoms with Crippen LogP contribution in [0.5, 0.6) is 0 Å². The summed E-state index contributed by atoms with van der Waals surface area (Å²) in [6, 6.07) is 15.5. The van der Waals surface area contributed by atoms with Crippen LogP contribution < -0.4 is 5.32 Å². The van der Waals surface area contributed by atoms with E-state index in [0.717, 1.165) is 36.2 Å². The van der Waals surface area contributed by atoms with Crippen LogP contribution in [0.25, 0.3) is 5.69 Å². The molecule has 4 rings (SSSR count). The fraction of sp³-hybridized carbons (Fsp3) is 0.238. The zero-order valence-corrected chi connectivity index (χ0v) is 17.2. The lowest BCUT2D eigenvalue weighted by Crippen LogP contribution is -2.20. The lowest BCUT2D eigenvalue weighted by Gasteiger charge is -2.11. The molecule has 1 N–H and O–H groups in total. The van der Waals surface area contributed by atoms with Crippen molar-refractivity contribution in [3.8, 4) is 5.69 Å². The maximum atomic E-state index is 12.6. The van der Waals surface area contributed by atoms with Gasteiger partial charge in [0.2, 0.25) is 5.91 Å². The lowest BCUT2D eigenvalue weighted by atomic mass is 10.2. The Bertz CT molecular complexity index is 1140. The van der Waals surface area contributed by atoms with Gasteiger partial charge in [-0.25, -0.2) is 13.1 Å². The van der Waals surface area contributed by atoms with Gasteiger partial charge in [0.05, 0.1) is 22.0 Å². The Balaban J connectivity index is 1.51. The summed E-state index contributed by atoms with van der Waals surface area (Å²) in [6.45, 7) is 0. The highest BCUT2D eigenvalue weighted by Gasteiger charge is 2.25. The van der Waals surface area contributed by atoms with Gasteiger partial charge in [-0.15, -0.1) is 0 Å². The van der Waals surface area contributed by atoms with Crippen LogP contribution in [0.4, 0.5) is 5.82 Å². The SMILES string of the molecule is O=C(CCS(=O)(=O)c1ccc(Cl)cc1)Nc1c2c(nn1-c1ccccc1)CCC2. The van der Waals surface area contributed by atoms with Gasteiger partial charge in [0, 0.05) is 17.0 Å². The zero-order valence-electron chi connectivity index (χ0n) is 15.6. The molecule has 0 saturated carbocycles. The van der Waals surface area contributed by atoms with Crippen LogP contribution >= 0.6 is 11.6 Å². The van der Waals surface area contributed by atoms with Gasteiger partial charge >= 0.3 is 0 Å². The number of fused-ring (bicyclic) bond motifs is 1. The van der Waals surface area contributed by atoms with E-state index in [4.69, 9.17) is 11.6 Å². The Labute approximate surface area is 174 Å². The highest BCUT2D eigenvalue weighted by molar-refractivity contribution is 7.91. The molecule has 3 aromatic rings. The second kappa shape index (κ2) is 8.00. The van der Waals surface area contributed by atoms with Crippen LogP contribution in [0.1, 0.15) is 24.1 Å². The summed E-state index contributed by atoms with van der Waals surface area (Å²) in [5.41, 5.74) is 2.87. The highest BCUT2D eigenvalue weighted by Crippen LogP contribution is 2.31. The predicted molar refractivity (Wildman–Crippen MR) is 112 cm³/mol. The number of nitrogens with zero attached hydrogens (tertiary/aromatic N) is 2.